The second-order valence-electron chi connectivity index (χ2n) is 8.25. The normalized spacial score (nSPS) is 18.0. The summed E-state index contributed by atoms with van der Waals surface area (Å²) in [5.74, 6) is 1.46. The van der Waals surface area contributed by atoms with Crippen molar-refractivity contribution in [2.75, 3.05) is 26.4 Å². The number of aryl methyl sites for hydroxylation is 1. The maximum Gasteiger partial charge on any atom is 0.244 e. The number of hydrogen-bond donors (Lipinski definition) is 0. The molecular weight excluding hydrogens is 406 g/mol. The van der Waals surface area contributed by atoms with Crippen LogP contribution in [0.1, 0.15) is 17.5 Å². The highest BCUT2D eigenvalue weighted by Crippen LogP contribution is 2.40. The van der Waals surface area contributed by atoms with Gasteiger partial charge in [-0.2, -0.15) is 5.10 Å². The number of fused-ring (bicyclic) bond motifs is 1. The molecule has 1 saturated heterocycles. The molecule has 0 bridgehead atoms. The first-order valence-electron chi connectivity index (χ1n) is 11.0. The molecule has 0 aliphatic carbocycles. The third-order valence-electron chi connectivity index (χ3n) is 5.95. The number of aromatic nitrogens is 2. The Morgan fingerprint density at radius 3 is 2.91 bits per heavy atom. The van der Waals surface area contributed by atoms with Gasteiger partial charge in [-0.1, -0.05) is 24.3 Å². The van der Waals surface area contributed by atoms with E-state index in [0.29, 0.717) is 32.9 Å². The van der Waals surface area contributed by atoms with Gasteiger partial charge < -0.3 is 19.1 Å². The van der Waals surface area contributed by atoms with E-state index in [9.17, 15) is 4.79 Å². The molecule has 3 heterocycles. The molecule has 7 heteroatoms. The van der Waals surface area contributed by atoms with E-state index in [2.05, 4.69) is 36.3 Å². The zero-order valence-electron chi connectivity index (χ0n) is 18.2. The number of rotatable bonds is 5. The minimum Gasteiger partial charge on any atom is -0.487 e. The van der Waals surface area contributed by atoms with Crippen molar-refractivity contribution < 1.29 is 19.0 Å². The van der Waals surface area contributed by atoms with Gasteiger partial charge in [-0.05, 0) is 41.8 Å². The molecule has 166 valence electrons. The molecule has 1 unspecified atom stereocenters. The van der Waals surface area contributed by atoms with Crippen molar-refractivity contribution in [2.45, 2.75) is 32.5 Å². The molecule has 32 heavy (non-hydrogen) atoms. The molecule has 1 amide bonds. The van der Waals surface area contributed by atoms with Gasteiger partial charge in [0, 0.05) is 30.9 Å². The first kappa shape index (κ1) is 20.6. The minimum absolute atomic E-state index is 0.00984. The summed E-state index contributed by atoms with van der Waals surface area (Å²) < 4.78 is 19.6. The van der Waals surface area contributed by atoms with E-state index in [0.717, 1.165) is 34.6 Å². The Labute approximate surface area is 187 Å². The summed E-state index contributed by atoms with van der Waals surface area (Å²) >= 11 is 0. The number of carbonyl (C=O) groups excluding carboxylic acids is 1. The Morgan fingerprint density at radius 2 is 2.12 bits per heavy atom. The summed E-state index contributed by atoms with van der Waals surface area (Å²) in [7, 11) is 0. The highest BCUT2D eigenvalue weighted by atomic mass is 16.6. The summed E-state index contributed by atoms with van der Waals surface area (Å²) in [6, 6.07) is 14.3. The van der Waals surface area contributed by atoms with E-state index in [4.69, 9.17) is 14.2 Å². The first-order chi connectivity index (χ1) is 15.7. The van der Waals surface area contributed by atoms with E-state index in [1.807, 2.05) is 23.1 Å². The van der Waals surface area contributed by atoms with Crippen molar-refractivity contribution in [3.05, 3.63) is 66.0 Å². The lowest BCUT2D eigenvalue weighted by Crippen LogP contribution is -2.35. The summed E-state index contributed by atoms with van der Waals surface area (Å²) in [6.45, 7) is 5.00. The predicted molar refractivity (Wildman–Crippen MR) is 120 cm³/mol. The topological polar surface area (TPSA) is 65.8 Å². The van der Waals surface area contributed by atoms with Crippen LogP contribution in [0.2, 0.25) is 0 Å². The van der Waals surface area contributed by atoms with E-state index >= 15 is 0 Å². The van der Waals surface area contributed by atoms with Crippen LogP contribution < -0.4 is 9.47 Å². The van der Waals surface area contributed by atoms with Crippen LogP contribution in [-0.4, -0.2) is 53.1 Å². The quantitative estimate of drug-likeness (QED) is 0.617. The van der Waals surface area contributed by atoms with E-state index in [1.165, 1.54) is 5.56 Å². The SMILES string of the molecule is Cc1ccccc1-c1cc2c(c(OC3CCOC3)c1)OCCN(C(=O)Cn1cccn1)C2. The van der Waals surface area contributed by atoms with Gasteiger partial charge in [0.2, 0.25) is 5.91 Å². The number of carbonyl (C=O) groups is 1. The van der Waals surface area contributed by atoms with E-state index in [1.54, 1.807) is 17.1 Å². The molecule has 0 radical (unpaired) electrons. The monoisotopic (exact) mass is 433 g/mol. The molecule has 1 aromatic heterocycles. The van der Waals surface area contributed by atoms with Gasteiger partial charge in [0.25, 0.3) is 0 Å². The molecular formula is C25H27N3O4. The molecule has 2 aromatic carbocycles. The zero-order chi connectivity index (χ0) is 21.9. The smallest absolute Gasteiger partial charge is 0.244 e. The van der Waals surface area contributed by atoms with Crippen molar-refractivity contribution in [1.29, 1.82) is 0 Å². The van der Waals surface area contributed by atoms with Gasteiger partial charge in [-0.3, -0.25) is 9.48 Å². The van der Waals surface area contributed by atoms with E-state index in [-0.39, 0.29) is 18.6 Å². The van der Waals surface area contributed by atoms with Crippen molar-refractivity contribution in [2.24, 2.45) is 0 Å². The van der Waals surface area contributed by atoms with Gasteiger partial charge in [-0.15, -0.1) is 0 Å². The van der Waals surface area contributed by atoms with Crippen molar-refractivity contribution in [3.63, 3.8) is 0 Å². The third-order valence-corrected chi connectivity index (χ3v) is 5.95. The molecule has 1 fully saturated rings. The molecule has 2 aliphatic rings. The second-order valence-corrected chi connectivity index (χ2v) is 8.25. The fraction of sp³-hybridized carbons (Fsp3) is 0.360. The summed E-state index contributed by atoms with van der Waals surface area (Å²) in [6.07, 6.45) is 4.35. The van der Waals surface area contributed by atoms with Crippen LogP contribution in [0, 0.1) is 6.92 Å². The fourth-order valence-corrected chi connectivity index (χ4v) is 4.25. The van der Waals surface area contributed by atoms with Gasteiger partial charge >= 0.3 is 0 Å². The highest BCUT2D eigenvalue weighted by Gasteiger charge is 2.26. The number of hydrogen-bond acceptors (Lipinski definition) is 5. The molecule has 0 N–H and O–H groups in total. The molecule has 1 atom stereocenters. The first-order valence-corrected chi connectivity index (χ1v) is 11.0. The van der Waals surface area contributed by atoms with Crippen LogP contribution in [0.25, 0.3) is 11.1 Å². The van der Waals surface area contributed by atoms with Gasteiger partial charge in [0.05, 0.1) is 19.8 Å². The van der Waals surface area contributed by atoms with E-state index < -0.39 is 0 Å². The lowest BCUT2D eigenvalue weighted by molar-refractivity contribution is -0.132. The standard InChI is InChI=1S/C25H27N3O4/c1-18-5-2-3-6-22(18)19-13-20-15-27(24(29)16-28-9-4-8-26-28)10-12-31-25(20)23(14-19)32-21-7-11-30-17-21/h2-6,8-9,13-14,21H,7,10-12,15-17H2,1H3. The number of amides is 1. The van der Waals surface area contributed by atoms with Crippen LogP contribution >= 0.6 is 0 Å². The number of nitrogens with zero attached hydrogens (tertiary/aromatic N) is 3. The Balaban J connectivity index is 1.49. The summed E-state index contributed by atoms with van der Waals surface area (Å²) in [4.78, 5) is 14.8. The second kappa shape index (κ2) is 9.04. The third kappa shape index (κ3) is 4.34. The number of ether oxygens (including phenoxy) is 3. The van der Waals surface area contributed by atoms with Crippen molar-refractivity contribution in [3.8, 4) is 22.6 Å². The lowest BCUT2D eigenvalue weighted by atomic mass is 9.97. The lowest BCUT2D eigenvalue weighted by Gasteiger charge is -2.21. The van der Waals surface area contributed by atoms with Gasteiger partial charge in [-0.25, -0.2) is 0 Å². The van der Waals surface area contributed by atoms with Crippen LogP contribution in [0.15, 0.2) is 54.9 Å². The van der Waals surface area contributed by atoms with Crippen LogP contribution in [0.3, 0.4) is 0 Å². The maximum absolute atomic E-state index is 13.0. The molecule has 3 aromatic rings. The van der Waals surface area contributed by atoms with Crippen LogP contribution in [-0.2, 0) is 22.6 Å². The van der Waals surface area contributed by atoms with Crippen molar-refractivity contribution in [1.82, 2.24) is 14.7 Å². The zero-order valence-corrected chi connectivity index (χ0v) is 18.2. The molecule has 2 aliphatic heterocycles. The Hall–Kier alpha value is -3.32. The Kier molecular flexibility index (Phi) is 5.81. The predicted octanol–water partition coefficient (Wildman–Crippen LogP) is 3.45. The van der Waals surface area contributed by atoms with Crippen LogP contribution in [0.5, 0.6) is 11.5 Å². The van der Waals surface area contributed by atoms with Crippen LogP contribution in [0.4, 0.5) is 0 Å². The molecule has 7 nitrogen and oxygen atoms in total. The Bertz CT molecular complexity index is 1090. The minimum atomic E-state index is 0.00984. The summed E-state index contributed by atoms with van der Waals surface area (Å²) in [5.41, 5.74) is 4.33. The highest BCUT2D eigenvalue weighted by molar-refractivity contribution is 5.77. The Morgan fingerprint density at radius 1 is 1.22 bits per heavy atom. The average molecular weight is 434 g/mol. The average Bonchev–Trinajstić information content (AvgIpc) is 3.44. The van der Waals surface area contributed by atoms with Gasteiger partial charge in [0.15, 0.2) is 11.5 Å². The molecule has 0 spiro atoms. The summed E-state index contributed by atoms with van der Waals surface area (Å²) in [5, 5.41) is 4.16. The maximum atomic E-state index is 13.0. The molecule has 0 saturated carbocycles. The van der Waals surface area contributed by atoms with Crippen molar-refractivity contribution >= 4 is 5.91 Å². The largest absolute Gasteiger partial charge is 0.487 e. The van der Waals surface area contributed by atoms with Gasteiger partial charge in [0.1, 0.15) is 19.3 Å². The fourth-order valence-electron chi connectivity index (χ4n) is 4.25. The molecule has 5 rings (SSSR count). The number of benzene rings is 2.